The van der Waals surface area contributed by atoms with Crippen LogP contribution >= 0.6 is 23.1 Å². The third kappa shape index (κ3) is 6.28. The summed E-state index contributed by atoms with van der Waals surface area (Å²) in [5, 5.41) is 4.76. The Hall–Kier alpha value is -2.91. The predicted molar refractivity (Wildman–Crippen MR) is 123 cm³/mol. The van der Waals surface area contributed by atoms with Crippen LogP contribution in [-0.2, 0) is 17.0 Å². The number of anilines is 1. The van der Waals surface area contributed by atoms with Crippen molar-refractivity contribution in [3.05, 3.63) is 53.0 Å². The van der Waals surface area contributed by atoms with Crippen LogP contribution in [0.2, 0.25) is 0 Å². The van der Waals surface area contributed by atoms with Gasteiger partial charge in [0, 0.05) is 23.3 Å². The molecule has 0 radical (unpaired) electrons. The Morgan fingerprint density at radius 3 is 2.32 bits per heavy atom. The molecule has 1 amide bonds. The van der Waals surface area contributed by atoms with E-state index in [1.54, 1.807) is 58.4 Å². The molecule has 0 saturated heterocycles. The monoisotopic (exact) mass is 460 g/mol. The molecule has 0 aliphatic heterocycles. The number of ether oxygens (including phenoxy) is 4. The van der Waals surface area contributed by atoms with Crippen LogP contribution in [0.15, 0.2) is 46.1 Å². The van der Waals surface area contributed by atoms with Crippen LogP contribution < -0.4 is 24.3 Å². The van der Waals surface area contributed by atoms with Crippen molar-refractivity contribution in [3.63, 3.8) is 0 Å². The Kier molecular flexibility index (Phi) is 8.02. The molecule has 0 aliphatic carbocycles. The molecule has 1 heterocycles. The minimum Gasteiger partial charge on any atom is -0.497 e. The van der Waals surface area contributed by atoms with E-state index in [-0.39, 0.29) is 12.3 Å². The summed E-state index contributed by atoms with van der Waals surface area (Å²) >= 11 is 3.12. The topological polar surface area (TPSA) is 78.9 Å². The van der Waals surface area contributed by atoms with Gasteiger partial charge in [-0.15, -0.1) is 11.3 Å². The van der Waals surface area contributed by atoms with Crippen molar-refractivity contribution >= 4 is 34.7 Å². The summed E-state index contributed by atoms with van der Waals surface area (Å²) in [4.78, 5) is 17.1. The first-order valence-corrected chi connectivity index (χ1v) is 11.2. The average molecular weight is 461 g/mol. The van der Waals surface area contributed by atoms with Crippen molar-refractivity contribution in [1.29, 1.82) is 0 Å². The maximum atomic E-state index is 12.5. The summed E-state index contributed by atoms with van der Waals surface area (Å²) in [5.74, 6) is 3.24. The number of carbonyl (C=O) groups is 1. The van der Waals surface area contributed by atoms with Gasteiger partial charge in [-0.05, 0) is 29.8 Å². The first-order chi connectivity index (χ1) is 15.0. The summed E-state index contributed by atoms with van der Waals surface area (Å²) in [5.41, 5.74) is 2.35. The second kappa shape index (κ2) is 10.9. The Labute approximate surface area is 189 Å². The molecule has 2 aromatic carbocycles. The second-order valence-electron chi connectivity index (χ2n) is 6.41. The number of thiazole rings is 1. The molecule has 164 valence electrons. The van der Waals surface area contributed by atoms with Gasteiger partial charge in [0.1, 0.15) is 27.3 Å². The molecule has 7 nitrogen and oxygen atoms in total. The van der Waals surface area contributed by atoms with Gasteiger partial charge in [-0.2, -0.15) is 0 Å². The Morgan fingerprint density at radius 1 is 0.968 bits per heavy atom. The van der Waals surface area contributed by atoms with Crippen LogP contribution in [0.4, 0.5) is 5.69 Å². The molecule has 0 spiro atoms. The Balaban J connectivity index is 1.59. The SMILES string of the molecule is COc1cc(CSc2nc(CC(=O)Nc3cc(OC)ccc3OC)cs2)cc(OC)c1. The Bertz CT molecular complexity index is 1020. The zero-order valence-electron chi connectivity index (χ0n) is 17.8. The largest absolute Gasteiger partial charge is 0.497 e. The van der Waals surface area contributed by atoms with Crippen molar-refractivity contribution in [2.75, 3.05) is 33.8 Å². The van der Waals surface area contributed by atoms with Crippen molar-refractivity contribution < 1.29 is 23.7 Å². The van der Waals surface area contributed by atoms with Gasteiger partial charge in [0.2, 0.25) is 5.91 Å². The van der Waals surface area contributed by atoms with E-state index in [9.17, 15) is 4.79 Å². The molecule has 9 heteroatoms. The average Bonchev–Trinajstić information content (AvgIpc) is 3.24. The highest BCUT2D eigenvalue weighted by Gasteiger charge is 2.12. The predicted octanol–water partition coefficient (Wildman–Crippen LogP) is 4.65. The fraction of sp³-hybridized carbons (Fsp3) is 0.273. The number of methoxy groups -OCH3 is 4. The number of benzene rings is 2. The third-order valence-electron chi connectivity index (χ3n) is 4.33. The smallest absolute Gasteiger partial charge is 0.230 e. The number of hydrogen-bond donors (Lipinski definition) is 1. The van der Waals surface area contributed by atoms with Gasteiger partial charge in [-0.1, -0.05) is 11.8 Å². The summed E-state index contributed by atoms with van der Waals surface area (Å²) < 4.78 is 22.0. The molecule has 3 aromatic rings. The molecule has 1 aromatic heterocycles. The van der Waals surface area contributed by atoms with Crippen molar-refractivity contribution in [3.8, 4) is 23.0 Å². The van der Waals surface area contributed by atoms with E-state index in [4.69, 9.17) is 18.9 Å². The number of nitrogens with one attached hydrogen (secondary N) is 1. The summed E-state index contributed by atoms with van der Waals surface area (Å²) in [6.07, 6.45) is 0.171. The number of carbonyl (C=O) groups excluding carboxylic acids is 1. The van der Waals surface area contributed by atoms with Gasteiger partial charge >= 0.3 is 0 Å². The van der Waals surface area contributed by atoms with E-state index in [2.05, 4.69) is 10.3 Å². The molecule has 31 heavy (non-hydrogen) atoms. The van der Waals surface area contributed by atoms with Gasteiger partial charge in [0.25, 0.3) is 0 Å². The van der Waals surface area contributed by atoms with Crippen LogP contribution in [0.25, 0.3) is 0 Å². The minimum atomic E-state index is -0.175. The quantitative estimate of drug-likeness (QED) is 0.441. The van der Waals surface area contributed by atoms with Crippen LogP contribution in [-0.4, -0.2) is 39.3 Å². The maximum absolute atomic E-state index is 12.5. The van der Waals surface area contributed by atoms with Crippen LogP contribution in [0, 0.1) is 0 Å². The van der Waals surface area contributed by atoms with Gasteiger partial charge in [-0.25, -0.2) is 4.98 Å². The molecule has 0 saturated carbocycles. The summed E-state index contributed by atoms with van der Waals surface area (Å²) in [6.45, 7) is 0. The van der Waals surface area contributed by atoms with E-state index >= 15 is 0 Å². The lowest BCUT2D eigenvalue weighted by atomic mass is 10.2. The number of hydrogen-bond acceptors (Lipinski definition) is 8. The molecular weight excluding hydrogens is 436 g/mol. The van der Waals surface area contributed by atoms with Crippen molar-refractivity contribution in [2.45, 2.75) is 16.5 Å². The lowest BCUT2D eigenvalue weighted by molar-refractivity contribution is -0.115. The number of nitrogens with zero attached hydrogens (tertiary/aromatic N) is 1. The number of aromatic nitrogens is 1. The van der Waals surface area contributed by atoms with E-state index in [0.29, 0.717) is 22.9 Å². The molecule has 0 aliphatic rings. The molecule has 0 atom stereocenters. The zero-order valence-corrected chi connectivity index (χ0v) is 19.4. The third-order valence-corrected chi connectivity index (χ3v) is 6.47. The molecule has 1 N–H and O–H groups in total. The zero-order chi connectivity index (χ0) is 22.2. The molecule has 0 bridgehead atoms. The number of rotatable bonds is 10. The minimum absolute atomic E-state index is 0.171. The van der Waals surface area contributed by atoms with Crippen LogP contribution in [0.5, 0.6) is 23.0 Å². The van der Waals surface area contributed by atoms with Gasteiger partial charge in [0.05, 0.1) is 46.2 Å². The standard InChI is InChI=1S/C22H24N2O5S2/c1-26-16-5-6-20(29-4)19(11-16)24-21(25)9-15-13-31-22(23-15)30-12-14-7-17(27-2)10-18(8-14)28-3/h5-8,10-11,13H,9,12H2,1-4H3,(H,24,25). The van der Waals surface area contributed by atoms with E-state index in [1.165, 1.54) is 11.3 Å². The van der Waals surface area contributed by atoms with Gasteiger partial charge in [0.15, 0.2) is 0 Å². The van der Waals surface area contributed by atoms with Crippen LogP contribution in [0.3, 0.4) is 0 Å². The second-order valence-corrected chi connectivity index (χ2v) is 8.49. The lowest BCUT2D eigenvalue weighted by Crippen LogP contribution is -2.15. The van der Waals surface area contributed by atoms with Gasteiger partial charge < -0.3 is 24.3 Å². The first kappa shape index (κ1) is 22.8. The number of thioether (sulfide) groups is 1. The van der Waals surface area contributed by atoms with Gasteiger partial charge in [-0.3, -0.25) is 4.79 Å². The molecule has 0 fully saturated rings. The van der Waals surface area contributed by atoms with Crippen molar-refractivity contribution in [2.24, 2.45) is 0 Å². The van der Waals surface area contributed by atoms with Crippen molar-refractivity contribution in [1.82, 2.24) is 4.98 Å². The highest BCUT2D eigenvalue weighted by molar-refractivity contribution is 8.00. The molecular formula is C22H24N2O5S2. The summed E-state index contributed by atoms with van der Waals surface area (Å²) in [7, 11) is 6.39. The summed E-state index contributed by atoms with van der Waals surface area (Å²) in [6, 6.07) is 11.0. The highest BCUT2D eigenvalue weighted by atomic mass is 32.2. The van der Waals surface area contributed by atoms with E-state index < -0.39 is 0 Å². The number of amides is 1. The Morgan fingerprint density at radius 2 is 1.68 bits per heavy atom. The first-order valence-electron chi connectivity index (χ1n) is 9.35. The highest BCUT2D eigenvalue weighted by Crippen LogP contribution is 2.31. The molecule has 3 rings (SSSR count). The normalized spacial score (nSPS) is 10.5. The maximum Gasteiger partial charge on any atom is 0.230 e. The fourth-order valence-corrected chi connectivity index (χ4v) is 4.58. The lowest BCUT2D eigenvalue weighted by Gasteiger charge is -2.11. The van der Waals surface area contributed by atoms with E-state index in [0.717, 1.165) is 27.1 Å². The van der Waals surface area contributed by atoms with Crippen LogP contribution in [0.1, 0.15) is 11.3 Å². The fourth-order valence-electron chi connectivity index (χ4n) is 2.80. The molecule has 0 unspecified atom stereocenters. The van der Waals surface area contributed by atoms with E-state index in [1.807, 2.05) is 23.6 Å².